The second-order valence-electron chi connectivity index (χ2n) is 4.80. The molecule has 0 atom stereocenters. The molecule has 0 aromatic heterocycles. The van der Waals surface area contributed by atoms with Gasteiger partial charge in [-0.05, 0) is 43.9 Å². The molecule has 0 radical (unpaired) electrons. The molecule has 1 aromatic rings. The van der Waals surface area contributed by atoms with Crippen LogP contribution in [0.4, 0.5) is 10.5 Å². The van der Waals surface area contributed by atoms with Crippen molar-refractivity contribution in [2.24, 2.45) is 0 Å². The van der Waals surface area contributed by atoms with Gasteiger partial charge in [-0.15, -0.1) is 0 Å². The summed E-state index contributed by atoms with van der Waals surface area (Å²) in [6.07, 6.45) is 3.70. The summed E-state index contributed by atoms with van der Waals surface area (Å²) < 4.78 is 0. The van der Waals surface area contributed by atoms with Crippen LogP contribution in [0.25, 0.3) is 0 Å². The number of aliphatic hydroxyl groups is 1. The van der Waals surface area contributed by atoms with Gasteiger partial charge in [-0.1, -0.05) is 17.7 Å². The smallest absolute Gasteiger partial charge is 0.322 e. The Morgan fingerprint density at radius 2 is 2.21 bits per heavy atom. The monoisotopic (exact) mass is 282 g/mol. The van der Waals surface area contributed by atoms with E-state index in [0.29, 0.717) is 23.3 Å². The van der Waals surface area contributed by atoms with E-state index < -0.39 is 0 Å². The molecule has 2 amide bonds. The predicted octanol–water partition coefficient (Wildman–Crippen LogP) is 3.11. The maximum Gasteiger partial charge on any atom is 0.322 e. The standard InChI is InChI=1S/C14H19ClN2O2/c15-11-4-3-5-12(10-11)16-14(19)17(13-6-7-13)8-1-2-9-18/h3-5,10,13,18H,1-2,6-9H2,(H,16,19). The minimum atomic E-state index is -0.0808. The number of anilines is 1. The first-order valence-corrected chi connectivity index (χ1v) is 7.02. The average molecular weight is 283 g/mol. The van der Waals surface area contributed by atoms with Crippen LogP contribution in [0.3, 0.4) is 0 Å². The molecule has 2 rings (SSSR count). The number of carbonyl (C=O) groups excluding carboxylic acids is 1. The van der Waals surface area contributed by atoms with Gasteiger partial charge in [0.05, 0.1) is 0 Å². The second kappa shape index (κ2) is 6.78. The van der Waals surface area contributed by atoms with E-state index in [0.717, 1.165) is 25.7 Å². The zero-order chi connectivity index (χ0) is 13.7. The van der Waals surface area contributed by atoms with Crippen LogP contribution in [0.1, 0.15) is 25.7 Å². The fraction of sp³-hybridized carbons (Fsp3) is 0.500. The van der Waals surface area contributed by atoms with Gasteiger partial charge in [-0.2, -0.15) is 0 Å². The average Bonchev–Trinajstić information content (AvgIpc) is 3.19. The third kappa shape index (κ3) is 4.40. The summed E-state index contributed by atoms with van der Waals surface area (Å²) in [5.41, 5.74) is 0.713. The van der Waals surface area contributed by atoms with E-state index in [4.69, 9.17) is 16.7 Å². The van der Waals surface area contributed by atoms with Crippen LogP contribution < -0.4 is 5.32 Å². The van der Waals surface area contributed by atoms with Crippen LogP contribution in [0, 0.1) is 0 Å². The number of halogens is 1. The van der Waals surface area contributed by atoms with Crippen molar-refractivity contribution in [2.75, 3.05) is 18.5 Å². The van der Waals surface area contributed by atoms with E-state index in [9.17, 15) is 4.79 Å². The molecule has 5 heteroatoms. The highest BCUT2D eigenvalue weighted by Gasteiger charge is 2.32. The molecule has 1 fully saturated rings. The van der Waals surface area contributed by atoms with Crippen LogP contribution in [0.15, 0.2) is 24.3 Å². The third-order valence-corrected chi connectivity index (χ3v) is 3.37. The number of rotatable bonds is 6. The lowest BCUT2D eigenvalue weighted by molar-refractivity contribution is 0.204. The molecule has 0 saturated heterocycles. The molecule has 1 aliphatic carbocycles. The van der Waals surface area contributed by atoms with Crippen molar-refractivity contribution in [2.45, 2.75) is 31.7 Å². The van der Waals surface area contributed by atoms with Gasteiger partial charge in [0.15, 0.2) is 0 Å². The molecule has 0 heterocycles. The largest absolute Gasteiger partial charge is 0.396 e. The Bertz CT molecular complexity index is 435. The van der Waals surface area contributed by atoms with E-state index in [1.807, 2.05) is 17.0 Å². The van der Waals surface area contributed by atoms with Crippen LogP contribution in [-0.2, 0) is 0 Å². The van der Waals surface area contributed by atoms with E-state index in [-0.39, 0.29) is 12.6 Å². The number of nitrogens with zero attached hydrogens (tertiary/aromatic N) is 1. The van der Waals surface area contributed by atoms with Crippen molar-refractivity contribution in [1.29, 1.82) is 0 Å². The van der Waals surface area contributed by atoms with Gasteiger partial charge >= 0.3 is 6.03 Å². The number of unbranched alkanes of at least 4 members (excludes halogenated alkanes) is 1. The van der Waals surface area contributed by atoms with Gasteiger partial charge < -0.3 is 15.3 Å². The first-order valence-electron chi connectivity index (χ1n) is 6.65. The maximum atomic E-state index is 12.2. The van der Waals surface area contributed by atoms with Gasteiger partial charge in [-0.25, -0.2) is 4.79 Å². The Kier molecular flexibility index (Phi) is 5.05. The van der Waals surface area contributed by atoms with E-state index in [1.165, 1.54) is 0 Å². The Morgan fingerprint density at radius 1 is 1.42 bits per heavy atom. The molecule has 19 heavy (non-hydrogen) atoms. The van der Waals surface area contributed by atoms with Gasteiger partial charge in [0.1, 0.15) is 0 Å². The van der Waals surface area contributed by atoms with Gasteiger partial charge in [0.2, 0.25) is 0 Å². The number of hydrogen-bond donors (Lipinski definition) is 2. The summed E-state index contributed by atoms with van der Waals surface area (Å²) in [7, 11) is 0. The molecule has 1 saturated carbocycles. The number of hydrogen-bond acceptors (Lipinski definition) is 2. The third-order valence-electron chi connectivity index (χ3n) is 3.13. The topological polar surface area (TPSA) is 52.6 Å². The van der Waals surface area contributed by atoms with Gasteiger partial charge in [0, 0.05) is 29.9 Å². The molecule has 0 spiro atoms. The van der Waals surface area contributed by atoms with Crippen molar-refractivity contribution in [1.82, 2.24) is 4.90 Å². The van der Waals surface area contributed by atoms with Crippen LogP contribution in [0.5, 0.6) is 0 Å². The van der Waals surface area contributed by atoms with Crippen LogP contribution >= 0.6 is 11.6 Å². The first-order chi connectivity index (χ1) is 9.20. The molecule has 4 nitrogen and oxygen atoms in total. The van der Waals surface area contributed by atoms with Crippen molar-refractivity contribution in [3.63, 3.8) is 0 Å². The van der Waals surface area contributed by atoms with Crippen molar-refractivity contribution < 1.29 is 9.90 Å². The molecule has 2 N–H and O–H groups in total. The summed E-state index contributed by atoms with van der Waals surface area (Å²) in [5, 5.41) is 12.3. The Balaban J connectivity index is 1.91. The minimum Gasteiger partial charge on any atom is -0.396 e. The molecule has 1 aromatic carbocycles. The van der Waals surface area contributed by atoms with Crippen LogP contribution in [-0.4, -0.2) is 35.2 Å². The number of aliphatic hydroxyl groups excluding tert-OH is 1. The van der Waals surface area contributed by atoms with E-state index >= 15 is 0 Å². The van der Waals surface area contributed by atoms with Crippen molar-refractivity contribution in [3.8, 4) is 0 Å². The SMILES string of the molecule is O=C(Nc1cccc(Cl)c1)N(CCCCO)C1CC1. The lowest BCUT2D eigenvalue weighted by Crippen LogP contribution is -2.37. The molecular weight excluding hydrogens is 264 g/mol. The van der Waals surface area contributed by atoms with Gasteiger partial charge in [-0.3, -0.25) is 0 Å². The highest BCUT2D eigenvalue weighted by atomic mass is 35.5. The molecule has 0 aliphatic heterocycles. The Morgan fingerprint density at radius 3 is 2.84 bits per heavy atom. The quantitative estimate of drug-likeness (QED) is 0.788. The molecule has 104 valence electrons. The molecule has 0 bridgehead atoms. The van der Waals surface area contributed by atoms with Crippen molar-refractivity contribution >= 4 is 23.3 Å². The summed E-state index contributed by atoms with van der Waals surface area (Å²) in [4.78, 5) is 14.1. The summed E-state index contributed by atoms with van der Waals surface area (Å²) >= 11 is 5.89. The number of urea groups is 1. The van der Waals surface area contributed by atoms with E-state index in [1.54, 1.807) is 12.1 Å². The normalized spacial score (nSPS) is 14.2. The number of amides is 2. The zero-order valence-electron chi connectivity index (χ0n) is 10.8. The summed E-state index contributed by atoms with van der Waals surface area (Å²) in [6, 6.07) is 7.42. The zero-order valence-corrected chi connectivity index (χ0v) is 11.6. The lowest BCUT2D eigenvalue weighted by Gasteiger charge is -2.22. The minimum absolute atomic E-state index is 0.0808. The molecule has 0 unspecified atom stereocenters. The molecular formula is C14H19ClN2O2. The maximum absolute atomic E-state index is 12.2. The Hall–Kier alpha value is -1.26. The Labute approximate surface area is 118 Å². The highest BCUT2D eigenvalue weighted by Crippen LogP contribution is 2.28. The van der Waals surface area contributed by atoms with Gasteiger partial charge in [0.25, 0.3) is 0 Å². The fourth-order valence-corrected chi connectivity index (χ4v) is 2.18. The highest BCUT2D eigenvalue weighted by molar-refractivity contribution is 6.30. The number of nitrogens with one attached hydrogen (secondary N) is 1. The first kappa shape index (κ1) is 14.2. The van der Waals surface area contributed by atoms with Crippen molar-refractivity contribution in [3.05, 3.63) is 29.3 Å². The molecule has 1 aliphatic rings. The lowest BCUT2D eigenvalue weighted by atomic mass is 10.3. The number of carbonyl (C=O) groups is 1. The predicted molar refractivity (Wildman–Crippen MR) is 76.5 cm³/mol. The fourth-order valence-electron chi connectivity index (χ4n) is 1.99. The van der Waals surface area contributed by atoms with Crippen LogP contribution in [0.2, 0.25) is 5.02 Å². The number of benzene rings is 1. The van der Waals surface area contributed by atoms with E-state index in [2.05, 4.69) is 5.32 Å². The summed E-state index contributed by atoms with van der Waals surface area (Å²) in [5.74, 6) is 0. The summed E-state index contributed by atoms with van der Waals surface area (Å²) in [6.45, 7) is 0.867. The second-order valence-corrected chi connectivity index (χ2v) is 5.23.